The zero-order valence-corrected chi connectivity index (χ0v) is 16.3. The number of fused-ring (bicyclic) bond motifs is 1. The van der Waals surface area contributed by atoms with Gasteiger partial charge >= 0.3 is 0 Å². The van der Waals surface area contributed by atoms with Crippen LogP contribution in [0, 0.1) is 6.92 Å². The fourth-order valence-electron chi connectivity index (χ4n) is 2.69. The van der Waals surface area contributed by atoms with Crippen molar-refractivity contribution in [1.82, 2.24) is 10.2 Å². The third-order valence-electron chi connectivity index (χ3n) is 3.89. The molecular formula is C20H16ClN3O2S. The van der Waals surface area contributed by atoms with Crippen LogP contribution in [0.1, 0.15) is 11.9 Å². The van der Waals surface area contributed by atoms with Gasteiger partial charge in [-0.3, -0.25) is 0 Å². The minimum Gasteiger partial charge on any atom is -0.494 e. The van der Waals surface area contributed by atoms with Crippen LogP contribution < -0.4 is 10.1 Å². The summed E-state index contributed by atoms with van der Waals surface area (Å²) in [5.74, 6) is 1.47. The highest BCUT2D eigenvalue weighted by molar-refractivity contribution is 7.14. The van der Waals surface area contributed by atoms with Crippen molar-refractivity contribution in [2.45, 2.75) is 13.8 Å². The van der Waals surface area contributed by atoms with Gasteiger partial charge < -0.3 is 9.15 Å². The topological polar surface area (TPSA) is 60.5 Å². The average molecular weight is 398 g/mol. The van der Waals surface area contributed by atoms with E-state index in [9.17, 15) is 0 Å². The molecule has 7 heteroatoms. The Hall–Kier alpha value is -2.70. The Labute approximate surface area is 164 Å². The fourth-order valence-corrected chi connectivity index (χ4v) is 3.39. The van der Waals surface area contributed by atoms with Crippen molar-refractivity contribution in [3.63, 3.8) is 0 Å². The van der Waals surface area contributed by atoms with Crippen molar-refractivity contribution < 1.29 is 9.15 Å². The molecule has 2 aromatic carbocycles. The molecule has 0 atom stereocenters. The van der Waals surface area contributed by atoms with E-state index in [1.54, 1.807) is 0 Å². The third-order valence-corrected chi connectivity index (χ3v) is 4.87. The molecule has 0 aliphatic carbocycles. The van der Waals surface area contributed by atoms with Crippen LogP contribution in [0.2, 0.25) is 5.02 Å². The van der Waals surface area contributed by atoms with Gasteiger partial charge in [0.2, 0.25) is 5.13 Å². The molecule has 0 saturated heterocycles. The Balaban J connectivity index is 1.96. The van der Waals surface area contributed by atoms with Gasteiger partial charge in [-0.05, 0) is 56.3 Å². The summed E-state index contributed by atoms with van der Waals surface area (Å²) in [5.41, 5.74) is 1.63. The van der Waals surface area contributed by atoms with E-state index < -0.39 is 0 Å². The first-order valence-corrected chi connectivity index (χ1v) is 9.63. The number of rotatable bonds is 4. The zero-order chi connectivity index (χ0) is 18.8. The van der Waals surface area contributed by atoms with Crippen molar-refractivity contribution in [3.05, 3.63) is 63.9 Å². The minimum atomic E-state index is 0.591. The van der Waals surface area contributed by atoms with E-state index in [2.05, 4.69) is 10.2 Å². The van der Waals surface area contributed by atoms with Crippen LogP contribution in [-0.2, 0) is 0 Å². The molecule has 136 valence electrons. The van der Waals surface area contributed by atoms with Crippen LogP contribution in [-0.4, -0.2) is 16.8 Å². The lowest BCUT2D eigenvalue weighted by Gasteiger charge is -2.07. The summed E-state index contributed by atoms with van der Waals surface area (Å²) in [5, 5.41) is 11.9. The maximum Gasteiger partial charge on any atom is 0.232 e. The van der Waals surface area contributed by atoms with Crippen LogP contribution in [0.3, 0.4) is 0 Å². The summed E-state index contributed by atoms with van der Waals surface area (Å²) < 4.78 is 11.7. The zero-order valence-electron chi connectivity index (χ0n) is 14.8. The molecule has 2 heterocycles. The highest BCUT2D eigenvalue weighted by Crippen LogP contribution is 2.26. The maximum atomic E-state index is 6.11. The van der Waals surface area contributed by atoms with E-state index in [0.717, 1.165) is 27.1 Å². The molecule has 0 N–H and O–H groups in total. The van der Waals surface area contributed by atoms with E-state index in [0.29, 0.717) is 28.1 Å². The van der Waals surface area contributed by atoms with Crippen LogP contribution >= 0.6 is 22.9 Å². The second-order valence-electron chi connectivity index (χ2n) is 5.81. The van der Waals surface area contributed by atoms with Crippen LogP contribution in [0.5, 0.6) is 5.75 Å². The van der Waals surface area contributed by atoms with Crippen molar-refractivity contribution in [1.29, 1.82) is 0 Å². The molecule has 0 fully saturated rings. The molecular weight excluding hydrogens is 382 g/mol. The second-order valence-corrected chi connectivity index (χ2v) is 7.41. The van der Waals surface area contributed by atoms with Gasteiger partial charge in [0, 0.05) is 22.0 Å². The lowest BCUT2D eigenvalue weighted by molar-refractivity contribution is 0.340. The molecule has 0 aliphatic heterocycles. The number of hydrogen-bond donors (Lipinski definition) is 0. The molecule has 0 spiro atoms. The van der Waals surface area contributed by atoms with Gasteiger partial charge in [0.1, 0.15) is 22.1 Å². The molecule has 0 saturated carbocycles. The van der Waals surface area contributed by atoms with Gasteiger partial charge in [-0.25, -0.2) is 4.99 Å². The average Bonchev–Trinajstić information content (AvgIpc) is 3.07. The maximum absolute atomic E-state index is 6.11. The molecule has 5 nitrogen and oxygen atoms in total. The SMILES string of the molecule is CCOc1ccc2oc(-c3ccc(Cl)cc3)cc(=Nc3nnc(C)s3)c2c1. The lowest BCUT2D eigenvalue weighted by atomic mass is 10.1. The molecule has 0 amide bonds. The first kappa shape index (κ1) is 17.7. The summed E-state index contributed by atoms with van der Waals surface area (Å²) in [6, 6.07) is 15.1. The summed E-state index contributed by atoms with van der Waals surface area (Å²) in [6.45, 7) is 4.45. The summed E-state index contributed by atoms with van der Waals surface area (Å²) >= 11 is 7.45. The first-order chi connectivity index (χ1) is 13.1. The number of aryl methyl sites for hydroxylation is 1. The highest BCUT2D eigenvalue weighted by atomic mass is 35.5. The Bertz CT molecular complexity index is 1170. The van der Waals surface area contributed by atoms with E-state index in [4.69, 9.17) is 25.7 Å². The number of aromatic nitrogens is 2. The molecule has 2 aromatic heterocycles. The van der Waals surface area contributed by atoms with E-state index in [1.165, 1.54) is 11.3 Å². The first-order valence-electron chi connectivity index (χ1n) is 8.44. The fraction of sp³-hybridized carbons (Fsp3) is 0.150. The number of halogens is 1. The normalized spacial score (nSPS) is 11.9. The van der Waals surface area contributed by atoms with Gasteiger partial charge in [0.05, 0.1) is 12.0 Å². The number of benzene rings is 2. The van der Waals surface area contributed by atoms with Crippen LogP contribution in [0.15, 0.2) is 57.9 Å². The van der Waals surface area contributed by atoms with Gasteiger partial charge in [-0.15, -0.1) is 10.2 Å². The van der Waals surface area contributed by atoms with E-state index in [-0.39, 0.29) is 0 Å². The van der Waals surface area contributed by atoms with Crippen molar-refractivity contribution >= 4 is 39.0 Å². The smallest absolute Gasteiger partial charge is 0.232 e. The molecule has 0 radical (unpaired) electrons. The predicted molar refractivity (Wildman–Crippen MR) is 108 cm³/mol. The van der Waals surface area contributed by atoms with Crippen molar-refractivity contribution in [2.24, 2.45) is 4.99 Å². The van der Waals surface area contributed by atoms with Gasteiger partial charge in [-0.1, -0.05) is 22.9 Å². The molecule has 0 bridgehead atoms. The minimum absolute atomic E-state index is 0.591. The summed E-state index contributed by atoms with van der Waals surface area (Å²) in [6.07, 6.45) is 0. The van der Waals surface area contributed by atoms with E-state index in [1.807, 2.05) is 62.4 Å². The predicted octanol–water partition coefficient (Wildman–Crippen LogP) is 5.54. The van der Waals surface area contributed by atoms with Crippen LogP contribution in [0.25, 0.3) is 22.3 Å². The third kappa shape index (κ3) is 3.86. The van der Waals surface area contributed by atoms with Gasteiger partial charge in [0.15, 0.2) is 0 Å². The molecule has 4 rings (SSSR count). The highest BCUT2D eigenvalue weighted by Gasteiger charge is 2.09. The number of nitrogens with zero attached hydrogens (tertiary/aromatic N) is 3. The Kier molecular flexibility index (Phi) is 4.92. The Morgan fingerprint density at radius 2 is 1.93 bits per heavy atom. The van der Waals surface area contributed by atoms with Crippen molar-refractivity contribution in [3.8, 4) is 17.1 Å². The Morgan fingerprint density at radius 1 is 1.11 bits per heavy atom. The molecule has 0 aliphatic rings. The van der Waals surface area contributed by atoms with Crippen molar-refractivity contribution in [2.75, 3.05) is 6.61 Å². The number of ether oxygens (including phenoxy) is 1. The summed E-state index contributed by atoms with van der Waals surface area (Å²) in [4.78, 5) is 4.70. The van der Waals surface area contributed by atoms with Gasteiger partial charge in [0.25, 0.3) is 0 Å². The lowest BCUT2D eigenvalue weighted by Crippen LogP contribution is -2.04. The second kappa shape index (κ2) is 7.50. The monoisotopic (exact) mass is 397 g/mol. The summed E-state index contributed by atoms with van der Waals surface area (Å²) in [7, 11) is 0. The molecule has 27 heavy (non-hydrogen) atoms. The quantitative estimate of drug-likeness (QED) is 0.453. The van der Waals surface area contributed by atoms with Crippen LogP contribution in [0.4, 0.5) is 5.13 Å². The Morgan fingerprint density at radius 3 is 2.63 bits per heavy atom. The molecule has 4 aromatic rings. The standard InChI is InChI=1S/C20H16ClN3O2S/c1-3-25-15-8-9-18-16(10-15)17(22-20-24-23-12(2)27-20)11-19(26-18)13-4-6-14(21)7-5-13/h4-11H,3H2,1-2H3. The molecule has 0 unspecified atom stereocenters. The van der Waals surface area contributed by atoms with Gasteiger partial charge in [-0.2, -0.15) is 0 Å². The largest absolute Gasteiger partial charge is 0.494 e. The number of hydrogen-bond acceptors (Lipinski definition) is 6. The van der Waals surface area contributed by atoms with E-state index >= 15 is 0 Å².